The van der Waals surface area contributed by atoms with Gasteiger partial charge in [0.15, 0.2) is 0 Å². The van der Waals surface area contributed by atoms with Crippen molar-refractivity contribution in [2.75, 3.05) is 12.0 Å². The topological polar surface area (TPSA) is 29.5 Å². The maximum absolute atomic E-state index is 12.3. The molecule has 2 aromatic carbocycles. The number of hydrogen-bond acceptors (Lipinski definition) is 3. The Hall–Kier alpha value is -1.94. The van der Waals surface area contributed by atoms with Crippen LogP contribution < -0.4 is 9.64 Å². The fourth-order valence-corrected chi connectivity index (χ4v) is 4.79. The van der Waals surface area contributed by atoms with Crippen LogP contribution in [0.15, 0.2) is 53.4 Å². The predicted molar refractivity (Wildman–Crippen MR) is 88.5 cm³/mol. The first kappa shape index (κ1) is 13.7. The Balaban J connectivity index is 1.76. The van der Waals surface area contributed by atoms with Crippen LogP contribution in [0.4, 0.5) is 5.69 Å². The standard InChI is InChI=1S/C18H17NO2S/c1-21-13-8-6-12(7-9-13)18-15-10-11-17(20)19(15)14-4-2-3-5-16(14)22-18/h2-9,15,18H,10-11H2,1H3/t15-,18-/m0/s1. The van der Waals surface area contributed by atoms with Crippen molar-refractivity contribution in [1.29, 1.82) is 0 Å². The van der Waals surface area contributed by atoms with E-state index in [-0.39, 0.29) is 17.2 Å². The molecule has 2 aromatic rings. The van der Waals surface area contributed by atoms with Crippen LogP contribution in [0.2, 0.25) is 0 Å². The van der Waals surface area contributed by atoms with Gasteiger partial charge in [0.25, 0.3) is 0 Å². The van der Waals surface area contributed by atoms with Crippen molar-refractivity contribution >= 4 is 23.4 Å². The maximum atomic E-state index is 12.3. The monoisotopic (exact) mass is 311 g/mol. The summed E-state index contributed by atoms with van der Waals surface area (Å²) in [4.78, 5) is 15.5. The Kier molecular flexibility index (Phi) is 3.34. The number of para-hydroxylation sites is 1. The molecule has 2 atom stereocenters. The molecule has 1 fully saturated rings. The third-order valence-electron chi connectivity index (χ3n) is 4.43. The van der Waals surface area contributed by atoms with Crippen LogP contribution in [0.25, 0.3) is 0 Å². The molecule has 0 radical (unpaired) electrons. The summed E-state index contributed by atoms with van der Waals surface area (Å²) < 4.78 is 5.25. The second-order valence-corrected chi connectivity index (χ2v) is 6.83. The van der Waals surface area contributed by atoms with Gasteiger partial charge in [-0.25, -0.2) is 0 Å². The van der Waals surface area contributed by atoms with E-state index in [1.807, 2.05) is 40.9 Å². The van der Waals surface area contributed by atoms with Gasteiger partial charge in [0.2, 0.25) is 5.91 Å². The van der Waals surface area contributed by atoms with Crippen molar-refractivity contribution < 1.29 is 9.53 Å². The van der Waals surface area contributed by atoms with Gasteiger partial charge in [-0.2, -0.15) is 0 Å². The highest BCUT2D eigenvalue weighted by atomic mass is 32.2. The van der Waals surface area contributed by atoms with Gasteiger partial charge in [-0.05, 0) is 36.2 Å². The minimum Gasteiger partial charge on any atom is -0.497 e. The number of carbonyl (C=O) groups is 1. The van der Waals surface area contributed by atoms with Gasteiger partial charge >= 0.3 is 0 Å². The molecule has 0 N–H and O–H groups in total. The third-order valence-corrected chi connectivity index (χ3v) is 5.87. The Morgan fingerprint density at radius 1 is 1.14 bits per heavy atom. The minimum atomic E-state index is 0.247. The van der Waals surface area contributed by atoms with Gasteiger partial charge in [0.1, 0.15) is 5.75 Å². The van der Waals surface area contributed by atoms with Gasteiger partial charge in [-0.1, -0.05) is 24.3 Å². The zero-order valence-corrected chi connectivity index (χ0v) is 13.2. The summed E-state index contributed by atoms with van der Waals surface area (Å²) >= 11 is 1.87. The zero-order chi connectivity index (χ0) is 15.1. The molecule has 4 heteroatoms. The van der Waals surface area contributed by atoms with E-state index in [0.717, 1.165) is 17.9 Å². The third kappa shape index (κ3) is 2.10. The first-order valence-electron chi connectivity index (χ1n) is 7.49. The van der Waals surface area contributed by atoms with Crippen molar-refractivity contribution in [2.45, 2.75) is 29.0 Å². The molecule has 112 valence electrons. The van der Waals surface area contributed by atoms with Crippen LogP contribution in [0.1, 0.15) is 23.7 Å². The molecule has 3 nitrogen and oxygen atoms in total. The molecule has 2 aliphatic rings. The molecule has 2 heterocycles. The second kappa shape index (κ2) is 5.36. The molecule has 2 aliphatic heterocycles. The molecule has 0 aromatic heterocycles. The van der Waals surface area contributed by atoms with E-state index < -0.39 is 0 Å². The summed E-state index contributed by atoms with van der Waals surface area (Å²) in [6.07, 6.45) is 1.57. The van der Waals surface area contributed by atoms with Crippen molar-refractivity contribution in [2.24, 2.45) is 0 Å². The van der Waals surface area contributed by atoms with E-state index in [1.165, 1.54) is 10.5 Å². The van der Waals surface area contributed by atoms with E-state index in [4.69, 9.17) is 4.74 Å². The van der Waals surface area contributed by atoms with E-state index in [0.29, 0.717) is 6.42 Å². The number of thioether (sulfide) groups is 1. The molecule has 0 saturated carbocycles. The Bertz CT molecular complexity index is 713. The lowest BCUT2D eigenvalue weighted by Crippen LogP contribution is -2.39. The molecule has 0 unspecified atom stereocenters. The summed E-state index contributed by atoms with van der Waals surface area (Å²) in [7, 11) is 1.68. The highest BCUT2D eigenvalue weighted by Gasteiger charge is 2.42. The second-order valence-electron chi connectivity index (χ2n) is 5.65. The number of rotatable bonds is 2. The predicted octanol–water partition coefficient (Wildman–Crippen LogP) is 4.04. The quantitative estimate of drug-likeness (QED) is 0.838. The van der Waals surface area contributed by atoms with Crippen LogP contribution in [0, 0.1) is 0 Å². The number of benzene rings is 2. The lowest BCUT2D eigenvalue weighted by molar-refractivity contribution is -0.117. The van der Waals surface area contributed by atoms with Crippen molar-refractivity contribution in [3.8, 4) is 5.75 Å². The average molecular weight is 311 g/mol. The van der Waals surface area contributed by atoms with Gasteiger partial charge in [0.05, 0.1) is 24.1 Å². The van der Waals surface area contributed by atoms with Gasteiger partial charge < -0.3 is 9.64 Å². The fourth-order valence-electron chi connectivity index (χ4n) is 3.36. The molecule has 1 saturated heterocycles. The maximum Gasteiger partial charge on any atom is 0.227 e. The van der Waals surface area contributed by atoms with E-state index in [1.54, 1.807) is 7.11 Å². The Morgan fingerprint density at radius 2 is 1.91 bits per heavy atom. The number of methoxy groups -OCH3 is 1. The van der Waals surface area contributed by atoms with E-state index in [2.05, 4.69) is 24.3 Å². The molecule has 0 spiro atoms. The Labute approximate surface area is 134 Å². The van der Waals surface area contributed by atoms with Crippen molar-refractivity contribution in [3.05, 3.63) is 54.1 Å². The minimum absolute atomic E-state index is 0.247. The van der Waals surface area contributed by atoms with Crippen LogP contribution in [0.5, 0.6) is 5.75 Å². The molecule has 22 heavy (non-hydrogen) atoms. The summed E-state index contributed by atoms with van der Waals surface area (Å²) in [5.74, 6) is 1.11. The smallest absolute Gasteiger partial charge is 0.227 e. The van der Waals surface area contributed by atoms with Crippen LogP contribution in [-0.2, 0) is 4.79 Å². The first-order valence-corrected chi connectivity index (χ1v) is 8.37. The summed E-state index contributed by atoms with van der Waals surface area (Å²) in [6.45, 7) is 0. The first-order chi connectivity index (χ1) is 10.8. The highest BCUT2D eigenvalue weighted by molar-refractivity contribution is 7.99. The molecule has 1 amide bonds. The summed E-state index contributed by atoms with van der Waals surface area (Å²) in [5.41, 5.74) is 2.33. The molecule has 0 aliphatic carbocycles. The number of fused-ring (bicyclic) bond motifs is 3. The van der Waals surface area contributed by atoms with Crippen LogP contribution in [0.3, 0.4) is 0 Å². The number of carbonyl (C=O) groups excluding carboxylic acids is 1. The number of amides is 1. The average Bonchev–Trinajstić information content (AvgIpc) is 2.97. The van der Waals surface area contributed by atoms with Crippen molar-refractivity contribution in [1.82, 2.24) is 0 Å². The van der Waals surface area contributed by atoms with Crippen molar-refractivity contribution in [3.63, 3.8) is 0 Å². The number of nitrogens with zero attached hydrogens (tertiary/aromatic N) is 1. The van der Waals surface area contributed by atoms with Gasteiger partial charge in [-0.3, -0.25) is 4.79 Å². The molecule has 4 rings (SSSR count). The Morgan fingerprint density at radius 3 is 2.68 bits per heavy atom. The lowest BCUT2D eigenvalue weighted by atomic mass is 10.0. The number of ether oxygens (including phenoxy) is 1. The number of anilines is 1. The fraction of sp³-hybridized carbons (Fsp3) is 0.278. The van der Waals surface area contributed by atoms with Crippen LogP contribution >= 0.6 is 11.8 Å². The SMILES string of the molecule is COc1ccc([C@@H]2Sc3ccccc3N3C(=O)CC[C@@H]23)cc1. The zero-order valence-electron chi connectivity index (χ0n) is 12.4. The molecular formula is C18H17NO2S. The van der Waals surface area contributed by atoms with E-state index in [9.17, 15) is 4.79 Å². The molecular weight excluding hydrogens is 294 g/mol. The highest BCUT2D eigenvalue weighted by Crippen LogP contribution is 2.52. The van der Waals surface area contributed by atoms with Gasteiger partial charge in [-0.15, -0.1) is 11.8 Å². The van der Waals surface area contributed by atoms with E-state index >= 15 is 0 Å². The molecule has 0 bridgehead atoms. The lowest BCUT2D eigenvalue weighted by Gasteiger charge is -2.37. The normalized spacial score (nSPS) is 23.1. The summed E-state index contributed by atoms with van der Waals surface area (Å²) in [5, 5.41) is 0.284. The van der Waals surface area contributed by atoms with Crippen LogP contribution in [-0.4, -0.2) is 19.1 Å². The largest absolute Gasteiger partial charge is 0.497 e. The summed E-state index contributed by atoms with van der Waals surface area (Å²) in [6, 6.07) is 16.7. The number of hydrogen-bond donors (Lipinski definition) is 0. The van der Waals surface area contributed by atoms with Gasteiger partial charge in [0, 0.05) is 11.3 Å².